The van der Waals surface area contributed by atoms with Crippen molar-refractivity contribution in [2.75, 3.05) is 5.32 Å². The van der Waals surface area contributed by atoms with E-state index in [-0.39, 0.29) is 12.4 Å². The van der Waals surface area contributed by atoms with E-state index >= 15 is 0 Å². The summed E-state index contributed by atoms with van der Waals surface area (Å²) in [6.07, 6.45) is 0. The molecule has 0 unspecified atom stereocenters. The lowest BCUT2D eigenvalue weighted by molar-refractivity contribution is 0.297. The van der Waals surface area contributed by atoms with Crippen molar-refractivity contribution in [3.63, 3.8) is 0 Å². The average Bonchev–Trinajstić information content (AvgIpc) is 2.63. The maximum atomic E-state index is 13.9. The van der Waals surface area contributed by atoms with Gasteiger partial charge in [-0.05, 0) is 36.4 Å². The Hall–Kier alpha value is -1.94. The van der Waals surface area contributed by atoms with E-state index < -0.39 is 0 Å². The Labute approximate surface area is 166 Å². The molecule has 0 atom stereocenters. The zero-order valence-corrected chi connectivity index (χ0v) is 15.9. The Balaban J connectivity index is 1.73. The van der Waals surface area contributed by atoms with Crippen LogP contribution < -0.4 is 10.1 Å². The van der Waals surface area contributed by atoms with Crippen LogP contribution in [0.2, 0.25) is 15.1 Å². The molecule has 3 aromatic carbocycles. The van der Waals surface area contributed by atoms with Crippen LogP contribution in [0.4, 0.5) is 10.1 Å². The number of anilines is 1. The molecule has 0 aromatic heterocycles. The molecule has 0 bridgehead atoms. The lowest BCUT2D eigenvalue weighted by atomic mass is 10.2. The monoisotopic (exact) mass is 409 g/mol. The van der Waals surface area contributed by atoms with Gasteiger partial charge in [-0.15, -0.1) is 0 Å². The third-order valence-corrected chi connectivity index (χ3v) is 4.72. The smallest absolute Gasteiger partial charge is 0.131 e. The van der Waals surface area contributed by atoms with Gasteiger partial charge in [0, 0.05) is 22.7 Å². The number of para-hydroxylation sites is 1. The fraction of sp³-hybridized carbons (Fsp3) is 0.100. The van der Waals surface area contributed by atoms with Gasteiger partial charge >= 0.3 is 0 Å². The Morgan fingerprint density at radius 3 is 2.50 bits per heavy atom. The molecule has 3 rings (SSSR count). The molecule has 0 radical (unpaired) electrons. The van der Waals surface area contributed by atoms with Crippen molar-refractivity contribution in [3.05, 3.63) is 92.7 Å². The summed E-state index contributed by atoms with van der Waals surface area (Å²) in [4.78, 5) is 0. The lowest BCUT2D eigenvalue weighted by Gasteiger charge is -2.14. The van der Waals surface area contributed by atoms with E-state index in [4.69, 9.17) is 39.5 Å². The van der Waals surface area contributed by atoms with Gasteiger partial charge in [0.15, 0.2) is 0 Å². The highest BCUT2D eigenvalue weighted by molar-refractivity contribution is 6.35. The average molecular weight is 411 g/mol. The summed E-state index contributed by atoms with van der Waals surface area (Å²) in [6.45, 7) is 0.516. The summed E-state index contributed by atoms with van der Waals surface area (Å²) in [5, 5.41) is 4.74. The van der Waals surface area contributed by atoms with Gasteiger partial charge in [-0.2, -0.15) is 0 Å². The summed E-state index contributed by atoms with van der Waals surface area (Å²) in [5.41, 5.74) is 1.96. The van der Waals surface area contributed by atoms with Gasteiger partial charge in [0.05, 0.1) is 15.7 Å². The molecule has 0 amide bonds. The van der Waals surface area contributed by atoms with Crippen LogP contribution in [-0.2, 0) is 13.2 Å². The van der Waals surface area contributed by atoms with Crippen LogP contribution in [0.25, 0.3) is 0 Å². The maximum absolute atomic E-state index is 13.9. The highest BCUT2D eigenvalue weighted by atomic mass is 35.5. The maximum Gasteiger partial charge on any atom is 0.131 e. The van der Waals surface area contributed by atoms with E-state index in [1.165, 1.54) is 6.07 Å². The summed E-state index contributed by atoms with van der Waals surface area (Å²) in [7, 11) is 0. The Morgan fingerprint density at radius 1 is 0.885 bits per heavy atom. The summed E-state index contributed by atoms with van der Waals surface area (Å²) in [5.74, 6) is 0.247. The van der Waals surface area contributed by atoms with Gasteiger partial charge in [-0.3, -0.25) is 0 Å². The van der Waals surface area contributed by atoms with Crippen molar-refractivity contribution in [3.8, 4) is 5.75 Å². The van der Waals surface area contributed by atoms with Crippen molar-refractivity contribution >= 4 is 40.5 Å². The van der Waals surface area contributed by atoms with Gasteiger partial charge in [0.2, 0.25) is 0 Å². The molecule has 0 heterocycles. The SMILES string of the molecule is Fc1cccc(Cl)c1COc1ccccc1CNc1cc(Cl)ccc1Cl. The lowest BCUT2D eigenvalue weighted by Crippen LogP contribution is -2.05. The van der Waals surface area contributed by atoms with Crippen molar-refractivity contribution in [2.45, 2.75) is 13.2 Å². The molecule has 134 valence electrons. The van der Waals surface area contributed by atoms with E-state index in [2.05, 4.69) is 5.32 Å². The van der Waals surface area contributed by atoms with Crippen LogP contribution in [0.5, 0.6) is 5.75 Å². The van der Waals surface area contributed by atoms with Crippen LogP contribution in [-0.4, -0.2) is 0 Å². The number of hydrogen-bond donors (Lipinski definition) is 1. The molecule has 0 saturated carbocycles. The van der Waals surface area contributed by atoms with E-state index in [1.54, 1.807) is 30.3 Å². The van der Waals surface area contributed by atoms with Gasteiger partial charge in [0.25, 0.3) is 0 Å². The second-order valence-electron chi connectivity index (χ2n) is 5.57. The zero-order valence-electron chi connectivity index (χ0n) is 13.6. The summed E-state index contributed by atoms with van der Waals surface area (Å²) >= 11 is 18.2. The van der Waals surface area contributed by atoms with Crippen molar-refractivity contribution in [1.29, 1.82) is 0 Å². The molecule has 0 aliphatic rings. The number of ether oxygens (including phenoxy) is 1. The fourth-order valence-electron chi connectivity index (χ4n) is 2.43. The fourth-order valence-corrected chi connectivity index (χ4v) is 3.01. The standard InChI is InChI=1S/C20H15Cl3FNO/c21-14-8-9-17(23)19(10-14)25-11-13-4-1-2-7-20(13)26-12-15-16(22)5-3-6-18(15)24/h1-10,25H,11-12H2. The summed E-state index contributed by atoms with van der Waals surface area (Å²) < 4.78 is 19.7. The first-order chi connectivity index (χ1) is 12.5. The largest absolute Gasteiger partial charge is 0.488 e. The van der Waals surface area contributed by atoms with Crippen LogP contribution in [0.15, 0.2) is 60.7 Å². The Bertz CT molecular complexity index is 897. The van der Waals surface area contributed by atoms with Crippen molar-refractivity contribution in [1.82, 2.24) is 0 Å². The van der Waals surface area contributed by atoms with Crippen LogP contribution in [0, 0.1) is 5.82 Å². The molecule has 3 aromatic rings. The van der Waals surface area contributed by atoms with E-state index in [9.17, 15) is 4.39 Å². The highest BCUT2D eigenvalue weighted by Gasteiger charge is 2.10. The molecular formula is C20H15Cl3FNO. The second kappa shape index (κ2) is 8.63. The third kappa shape index (κ3) is 4.61. The highest BCUT2D eigenvalue weighted by Crippen LogP contribution is 2.28. The minimum Gasteiger partial charge on any atom is -0.488 e. The van der Waals surface area contributed by atoms with Crippen molar-refractivity contribution in [2.24, 2.45) is 0 Å². The van der Waals surface area contributed by atoms with Crippen LogP contribution in [0.1, 0.15) is 11.1 Å². The first-order valence-corrected chi connectivity index (χ1v) is 9.00. The normalized spacial score (nSPS) is 10.6. The van der Waals surface area contributed by atoms with Gasteiger partial charge in [-0.25, -0.2) is 4.39 Å². The Kier molecular flexibility index (Phi) is 6.25. The third-order valence-electron chi connectivity index (χ3n) is 3.80. The second-order valence-corrected chi connectivity index (χ2v) is 6.83. The first-order valence-electron chi connectivity index (χ1n) is 7.87. The van der Waals surface area contributed by atoms with Gasteiger partial charge in [0.1, 0.15) is 18.2 Å². The van der Waals surface area contributed by atoms with Crippen molar-refractivity contribution < 1.29 is 9.13 Å². The topological polar surface area (TPSA) is 21.3 Å². The molecule has 0 aliphatic heterocycles. The van der Waals surface area contributed by atoms with Crippen LogP contribution >= 0.6 is 34.8 Å². The Morgan fingerprint density at radius 2 is 1.69 bits per heavy atom. The number of benzene rings is 3. The van der Waals surface area contributed by atoms with E-state index in [0.29, 0.717) is 32.9 Å². The number of halogens is 4. The first kappa shape index (κ1) is 18.8. The minimum absolute atomic E-state index is 0.0421. The molecule has 2 nitrogen and oxygen atoms in total. The van der Waals surface area contributed by atoms with E-state index in [1.807, 2.05) is 24.3 Å². The quantitative estimate of drug-likeness (QED) is 0.473. The number of rotatable bonds is 6. The number of nitrogens with one attached hydrogen (secondary N) is 1. The molecule has 0 fully saturated rings. The molecule has 6 heteroatoms. The number of hydrogen-bond acceptors (Lipinski definition) is 2. The molecule has 0 saturated heterocycles. The molecule has 0 spiro atoms. The molecule has 1 N–H and O–H groups in total. The molecular weight excluding hydrogens is 396 g/mol. The summed E-state index contributed by atoms with van der Waals surface area (Å²) in [6, 6.07) is 17.3. The molecule has 26 heavy (non-hydrogen) atoms. The predicted octanol–water partition coefficient (Wildman–Crippen LogP) is 6.98. The molecule has 0 aliphatic carbocycles. The predicted molar refractivity (Wildman–Crippen MR) is 106 cm³/mol. The van der Waals surface area contributed by atoms with Gasteiger partial charge in [-0.1, -0.05) is 59.1 Å². The zero-order chi connectivity index (χ0) is 18.5. The van der Waals surface area contributed by atoms with Gasteiger partial charge < -0.3 is 10.1 Å². The van der Waals surface area contributed by atoms with Crippen LogP contribution in [0.3, 0.4) is 0 Å². The van der Waals surface area contributed by atoms with E-state index in [0.717, 1.165) is 11.3 Å². The minimum atomic E-state index is -0.390.